The maximum atomic E-state index is 14.4. The van der Waals surface area contributed by atoms with Crippen LogP contribution in [0.4, 0.5) is 0 Å². The molecule has 0 bridgehead atoms. The lowest BCUT2D eigenvalue weighted by atomic mass is 9.69. The molecule has 1 spiro atoms. The summed E-state index contributed by atoms with van der Waals surface area (Å²) < 4.78 is 0.818. The highest BCUT2D eigenvalue weighted by molar-refractivity contribution is 5.89. The normalized spacial score (nSPS) is 37.6. The van der Waals surface area contributed by atoms with Gasteiger partial charge in [0.25, 0.3) is 5.91 Å². The summed E-state index contributed by atoms with van der Waals surface area (Å²) in [5.41, 5.74) is 0.331. The predicted molar refractivity (Wildman–Crippen MR) is 132 cm³/mol. The lowest BCUT2D eigenvalue weighted by Gasteiger charge is -2.44. The number of nitrogens with zero attached hydrogens (tertiary/aromatic N) is 2. The number of amides is 1. The van der Waals surface area contributed by atoms with E-state index in [2.05, 4.69) is 6.58 Å². The Kier molecular flexibility index (Phi) is 5.47. The van der Waals surface area contributed by atoms with Crippen LogP contribution < -0.4 is 0 Å². The molecule has 1 amide bonds. The van der Waals surface area contributed by atoms with E-state index in [-0.39, 0.29) is 22.9 Å². The Labute approximate surface area is 204 Å². The van der Waals surface area contributed by atoms with Crippen molar-refractivity contribution in [1.82, 2.24) is 4.90 Å². The van der Waals surface area contributed by atoms with E-state index in [0.29, 0.717) is 24.1 Å². The molecule has 1 aromatic rings. The van der Waals surface area contributed by atoms with Crippen molar-refractivity contribution in [2.24, 2.45) is 17.8 Å². The van der Waals surface area contributed by atoms with Crippen molar-refractivity contribution >= 4 is 5.91 Å². The summed E-state index contributed by atoms with van der Waals surface area (Å²) in [5.74, 6) is 3.49. The first-order valence-electron chi connectivity index (χ1n) is 13.9. The number of hydrogen-bond acceptors (Lipinski definition) is 3. The molecule has 5 atom stereocenters. The highest BCUT2D eigenvalue weighted by atomic mass is 16.3. The van der Waals surface area contributed by atoms with E-state index in [1.54, 1.807) is 12.1 Å². The van der Waals surface area contributed by atoms with Crippen LogP contribution in [0.15, 0.2) is 30.6 Å². The van der Waals surface area contributed by atoms with Crippen LogP contribution in [0, 0.1) is 17.8 Å². The summed E-state index contributed by atoms with van der Waals surface area (Å²) in [6.07, 6.45) is 16.5. The van der Waals surface area contributed by atoms with Crippen LogP contribution in [0.2, 0.25) is 0 Å². The molecule has 2 saturated carbocycles. The van der Waals surface area contributed by atoms with Gasteiger partial charge in [-0.1, -0.05) is 51.4 Å². The Bertz CT molecular complexity index is 986. The molecule has 184 valence electrons. The summed E-state index contributed by atoms with van der Waals surface area (Å²) in [7, 11) is 0. The van der Waals surface area contributed by atoms with Crippen LogP contribution >= 0.6 is 0 Å². The summed E-state index contributed by atoms with van der Waals surface area (Å²) >= 11 is 0. The van der Waals surface area contributed by atoms with Crippen molar-refractivity contribution in [3.63, 3.8) is 0 Å². The first-order valence-corrected chi connectivity index (χ1v) is 13.9. The van der Waals surface area contributed by atoms with Gasteiger partial charge in [0.05, 0.1) is 6.54 Å². The van der Waals surface area contributed by atoms with Crippen LogP contribution in [-0.4, -0.2) is 43.6 Å². The maximum absolute atomic E-state index is 14.4. The second kappa shape index (κ2) is 8.29. The van der Waals surface area contributed by atoms with Crippen molar-refractivity contribution < 1.29 is 19.5 Å². The van der Waals surface area contributed by atoms with Gasteiger partial charge < -0.3 is 10.2 Å². The quantitative estimate of drug-likeness (QED) is 0.426. The van der Waals surface area contributed by atoms with Crippen molar-refractivity contribution in [1.29, 1.82) is 0 Å². The molecule has 3 saturated heterocycles. The Hall–Kier alpha value is -2.01. The SMILES string of the molecule is C=C1N(Cc2ccc(O)cc2O)C(=O)[C@@]2(CCC3CCCCC3)CC3CCCCCC3C3C[N+]132. The molecule has 6 rings (SSSR count). The van der Waals surface area contributed by atoms with Crippen molar-refractivity contribution in [2.75, 3.05) is 6.54 Å². The minimum Gasteiger partial charge on any atom is -0.508 e. The van der Waals surface area contributed by atoms with Crippen molar-refractivity contribution in [3.8, 4) is 11.5 Å². The minimum absolute atomic E-state index is 0.0437. The lowest BCUT2D eigenvalue weighted by Crippen LogP contribution is -2.58. The lowest BCUT2D eigenvalue weighted by molar-refractivity contribution is -0.828. The fraction of sp³-hybridized carbons (Fsp3) is 0.690. The molecular formula is C29H41N2O3+. The van der Waals surface area contributed by atoms with E-state index in [4.69, 9.17) is 0 Å². The molecule has 2 N–H and O–H groups in total. The molecule has 5 aliphatic rings. The van der Waals surface area contributed by atoms with E-state index in [1.807, 2.05) is 4.90 Å². The fourth-order valence-corrected chi connectivity index (χ4v) is 8.70. The monoisotopic (exact) mass is 465 g/mol. The Morgan fingerprint density at radius 3 is 2.53 bits per heavy atom. The highest BCUT2D eigenvalue weighted by Crippen LogP contribution is 2.65. The van der Waals surface area contributed by atoms with Gasteiger partial charge in [-0.2, -0.15) is 0 Å². The van der Waals surface area contributed by atoms with Crippen LogP contribution in [0.5, 0.6) is 11.5 Å². The number of piperidine rings is 1. The van der Waals surface area contributed by atoms with Gasteiger partial charge in [0.1, 0.15) is 24.1 Å². The topological polar surface area (TPSA) is 60.8 Å². The molecule has 3 aliphatic heterocycles. The zero-order chi connectivity index (χ0) is 23.5. The third-order valence-electron chi connectivity index (χ3n) is 10.5. The molecule has 5 nitrogen and oxygen atoms in total. The summed E-state index contributed by atoms with van der Waals surface area (Å²) in [5, 5.41) is 20.2. The summed E-state index contributed by atoms with van der Waals surface area (Å²) in [6, 6.07) is 5.25. The van der Waals surface area contributed by atoms with Gasteiger partial charge >= 0.3 is 0 Å². The van der Waals surface area contributed by atoms with Gasteiger partial charge in [0, 0.05) is 30.4 Å². The molecule has 5 fully saturated rings. The number of quaternary nitrogens is 1. The fourth-order valence-electron chi connectivity index (χ4n) is 8.70. The summed E-state index contributed by atoms with van der Waals surface area (Å²) in [6.45, 7) is 6.00. The number of phenolic OH excluding ortho intramolecular Hbond substituents is 2. The van der Waals surface area contributed by atoms with Gasteiger partial charge in [-0.15, -0.1) is 0 Å². The van der Waals surface area contributed by atoms with E-state index in [9.17, 15) is 15.0 Å². The number of aromatic hydroxyl groups is 2. The summed E-state index contributed by atoms with van der Waals surface area (Å²) in [4.78, 5) is 16.4. The third kappa shape index (κ3) is 3.26. The Morgan fingerprint density at radius 2 is 1.76 bits per heavy atom. The third-order valence-corrected chi connectivity index (χ3v) is 10.5. The molecule has 0 radical (unpaired) electrons. The molecule has 5 heteroatoms. The molecule has 3 heterocycles. The maximum Gasteiger partial charge on any atom is 0.293 e. The number of phenols is 2. The number of carbonyl (C=O) groups is 1. The largest absolute Gasteiger partial charge is 0.508 e. The number of carbonyl (C=O) groups excluding carboxylic acids is 1. The van der Waals surface area contributed by atoms with Gasteiger partial charge in [-0.25, -0.2) is 0 Å². The highest BCUT2D eigenvalue weighted by Gasteiger charge is 2.82. The van der Waals surface area contributed by atoms with Gasteiger partial charge in [0.15, 0.2) is 5.54 Å². The van der Waals surface area contributed by atoms with Crippen LogP contribution in [0.3, 0.4) is 0 Å². The smallest absolute Gasteiger partial charge is 0.293 e. The number of benzene rings is 1. The van der Waals surface area contributed by atoms with E-state index in [1.165, 1.54) is 76.7 Å². The second-order valence-electron chi connectivity index (χ2n) is 12.1. The predicted octanol–water partition coefficient (Wildman–Crippen LogP) is 5.81. The van der Waals surface area contributed by atoms with Gasteiger partial charge in [-0.3, -0.25) is 14.2 Å². The molecule has 1 aromatic carbocycles. The van der Waals surface area contributed by atoms with Gasteiger partial charge in [-0.05, 0) is 49.8 Å². The first kappa shape index (κ1) is 22.5. The van der Waals surface area contributed by atoms with E-state index in [0.717, 1.165) is 41.5 Å². The number of hydrogen-bond donors (Lipinski definition) is 2. The molecular weight excluding hydrogens is 424 g/mol. The zero-order valence-corrected chi connectivity index (χ0v) is 20.6. The molecule has 0 aromatic heterocycles. The van der Waals surface area contributed by atoms with Crippen LogP contribution in [0.1, 0.15) is 89.0 Å². The second-order valence-corrected chi connectivity index (χ2v) is 12.1. The van der Waals surface area contributed by atoms with E-state index >= 15 is 0 Å². The van der Waals surface area contributed by atoms with E-state index < -0.39 is 0 Å². The van der Waals surface area contributed by atoms with Crippen LogP contribution in [0.25, 0.3) is 0 Å². The average molecular weight is 466 g/mol. The molecule has 34 heavy (non-hydrogen) atoms. The van der Waals surface area contributed by atoms with Gasteiger partial charge in [0.2, 0.25) is 5.82 Å². The Balaban J connectivity index is 1.34. The molecule has 4 unspecified atom stereocenters. The Morgan fingerprint density at radius 1 is 1.03 bits per heavy atom. The minimum atomic E-state index is -0.350. The standard InChI is InChI=1S/C29H40N2O3/c1-20-30(18-23-12-13-24(32)16-27(23)33)28(34)29(15-14-21-8-4-2-5-9-21)17-22-10-6-3-7-11-25(22)26-19-31(20,26)29/h12-13,16,21-22,25-26H,1-11,14-15,17-19H2,(H-,32,33)/p+1/t22?,25?,26?,29-,31?/m1/s1. The first-order chi connectivity index (χ1) is 16.5. The van der Waals surface area contributed by atoms with Crippen molar-refractivity contribution in [3.05, 3.63) is 36.2 Å². The average Bonchev–Trinajstić information content (AvgIpc) is 3.60. The van der Waals surface area contributed by atoms with Crippen molar-refractivity contribution in [2.45, 2.75) is 102 Å². The van der Waals surface area contributed by atoms with Crippen LogP contribution in [-0.2, 0) is 11.3 Å². The zero-order valence-electron chi connectivity index (χ0n) is 20.6. The molecule has 2 aliphatic carbocycles. The number of rotatable bonds is 5. The number of fused-ring (bicyclic) bond motifs is 2.